The summed E-state index contributed by atoms with van der Waals surface area (Å²) in [7, 11) is 0. The number of rotatable bonds is 4. The van der Waals surface area contributed by atoms with Crippen LogP contribution < -0.4 is 4.74 Å². The molecule has 92 valence electrons. The predicted octanol–water partition coefficient (Wildman–Crippen LogP) is 3.08. The zero-order valence-corrected chi connectivity index (χ0v) is 10.3. The van der Waals surface area contributed by atoms with Gasteiger partial charge in [-0.2, -0.15) is 0 Å². The molecule has 1 fully saturated rings. The quantitative estimate of drug-likeness (QED) is 0.870. The second kappa shape index (κ2) is 4.40. The van der Waals surface area contributed by atoms with E-state index in [1.54, 1.807) is 0 Å². The van der Waals surface area contributed by atoms with Crippen molar-refractivity contribution in [3.05, 3.63) is 29.3 Å². The van der Waals surface area contributed by atoms with Crippen molar-refractivity contribution >= 4 is 5.97 Å². The molecule has 0 saturated heterocycles. The maximum absolute atomic E-state index is 10.8. The minimum Gasteiger partial charge on any atom is -0.487 e. The Morgan fingerprint density at radius 1 is 1.35 bits per heavy atom. The molecule has 0 amide bonds. The number of carboxylic acids is 1. The number of ether oxygens (including phenoxy) is 1. The molecular weight excluding hydrogens is 216 g/mol. The lowest BCUT2D eigenvalue weighted by atomic mass is 9.77. The minimum absolute atomic E-state index is 0.0971. The van der Waals surface area contributed by atoms with Crippen molar-refractivity contribution in [3.63, 3.8) is 0 Å². The standard InChI is InChI=1S/C14H18O3/c1-10-4-5-12(8-11(10)2)17-14(6-3-7-14)9-13(15)16/h4-5,8H,3,6-7,9H2,1-2H3,(H,15,16). The Kier molecular flexibility index (Phi) is 3.09. The second-order valence-corrected chi connectivity index (χ2v) is 4.96. The molecule has 0 atom stereocenters. The average molecular weight is 234 g/mol. The molecule has 1 saturated carbocycles. The largest absolute Gasteiger partial charge is 0.487 e. The van der Waals surface area contributed by atoms with Crippen LogP contribution in [0.25, 0.3) is 0 Å². The van der Waals surface area contributed by atoms with E-state index in [2.05, 4.69) is 6.92 Å². The van der Waals surface area contributed by atoms with E-state index in [9.17, 15) is 4.79 Å². The van der Waals surface area contributed by atoms with Crippen molar-refractivity contribution in [3.8, 4) is 5.75 Å². The Morgan fingerprint density at radius 3 is 2.53 bits per heavy atom. The highest BCUT2D eigenvalue weighted by molar-refractivity contribution is 5.68. The lowest BCUT2D eigenvalue weighted by Crippen LogP contribution is -2.45. The summed E-state index contributed by atoms with van der Waals surface area (Å²) in [4.78, 5) is 10.8. The van der Waals surface area contributed by atoms with E-state index in [0.717, 1.165) is 25.0 Å². The Morgan fingerprint density at radius 2 is 2.06 bits per heavy atom. The second-order valence-electron chi connectivity index (χ2n) is 4.96. The van der Waals surface area contributed by atoms with Gasteiger partial charge in [0, 0.05) is 0 Å². The number of aliphatic carboxylic acids is 1. The Labute approximate surface area is 101 Å². The van der Waals surface area contributed by atoms with E-state index in [-0.39, 0.29) is 6.42 Å². The first-order chi connectivity index (χ1) is 8.01. The first kappa shape index (κ1) is 12.0. The maximum atomic E-state index is 10.8. The third-order valence-corrected chi connectivity index (χ3v) is 3.55. The fourth-order valence-electron chi connectivity index (χ4n) is 2.19. The van der Waals surface area contributed by atoms with E-state index in [1.807, 2.05) is 25.1 Å². The van der Waals surface area contributed by atoms with Gasteiger partial charge in [-0.3, -0.25) is 4.79 Å². The Hall–Kier alpha value is -1.51. The lowest BCUT2D eigenvalue weighted by Gasteiger charge is -2.40. The van der Waals surface area contributed by atoms with Crippen LogP contribution in [0.5, 0.6) is 5.75 Å². The molecule has 0 radical (unpaired) electrons. The summed E-state index contributed by atoms with van der Waals surface area (Å²) in [5.74, 6) is 0.00239. The molecule has 1 N–H and O–H groups in total. The van der Waals surface area contributed by atoms with Crippen LogP contribution in [0.2, 0.25) is 0 Å². The Balaban J connectivity index is 2.13. The van der Waals surface area contributed by atoms with Gasteiger partial charge in [-0.25, -0.2) is 0 Å². The van der Waals surface area contributed by atoms with Gasteiger partial charge in [-0.1, -0.05) is 6.07 Å². The molecule has 17 heavy (non-hydrogen) atoms. The van der Waals surface area contributed by atoms with Gasteiger partial charge in [0.15, 0.2) is 0 Å². The molecule has 0 spiro atoms. The van der Waals surface area contributed by atoms with E-state index >= 15 is 0 Å². The van der Waals surface area contributed by atoms with E-state index in [0.29, 0.717) is 0 Å². The SMILES string of the molecule is Cc1ccc(OC2(CC(=O)O)CCC2)cc1C. The molecule has 3 heteroatoms. The summed E-state index contributed by atoms with van der Waals surface area (Å²) < 4.78 is 5.90. The number of hydrogen-bond donors (Lipinski definition) is 1. The van der Waals surface area contributed by atoms with Crippen molar-refractivity contribution < 1.29 is 14.6 Å². The maximum Gasteiger partial charge on any atom is 0.307 e. The van der Waals surface area contributed by atoms with Gasteiger partial charge in [0.05, 0.1) is 6.42 Å². The number of carbonyl (C=O) groups is 1. The van der Waals surface area contributed by atoms with Crippen LogP contribution >= 0.6 is 0 Å². The normalized spacial score (nSPS) is 17.3. The molecule has 1 aliphatic rings. The summed E-state index contributed by atoms with van der Waals surface area (Å²) in [6.45, 7) is 4.09. The fourth-order valence-corrected chi connectivity index (χ4v) is 2.19. The van der Waals surface area contributed by atoms with Crippen molar-refractivity contribution in [2.45, 2.75) is 45.1 Å². The number of hydrogen-bond acceptors (Lipinski definition) is 2. The smallest absolute Gasteiger partial charge is 0.307 e. The van der Waals surface area contributed by atoms with Crippen LogP contribution in [0.15, 0.2) is 18.2 Å². The fraction of sp³-hybridized carbons (Fsp3) is 0.500. The highest BCUT2D eigenvalue weighted by atomic mass is 16.5. The van der Waals surface area contributed by atoms with Gasteiger partial charge >= 0.3 is 5.97 Å². The summed E-state index contributed by atoms with van der Waals surface area (Å²) in [6.07, 6.45) is 2.83. The zero-order chi connectivity index (χ0) is 12.5. The summed E-state index contributed by atoms with van der Waals surface area (Å²) >= 11 is 0. The van der Waals surface area contributed by atoms with Crippen LogP contribution in [0.1, 0.15) is 36.8 Å². The lowest BCUT2D eigenvalue weighted by molar-refractivity contribution is -0.144. The topological polar surface area (TPSA) is 46.5 Å². The number of carboxylic acid groups (broad SMARTS) is 1. The molecule has 0 heterocycles. The molecule has 1 aromatic carbocycles. The highest BCUT2D eigenvalue weighted by Gasteiger charge is 2.41. The summed E-state index contributed by atoms with van der Waals surface area (Å²) in [5, 5.41) is 8.91. The van der Waals surface area contributed by atoms with Gasteiger partial charge < -0.3 is 9.84 Å². The van der Waals surface area contributed by atoms with Crippen LogP contribution in [0.3, 0.4) is 0 Å². The average Bonchev–Trinajstić information content (AvgIpc) is 2.19. The first-order valence-electron chi connectivity index (χ1n) is 5.99. The number of benzene rings is 1. The van der Waals surface area contributed by atoms with Crippen LogP contribution in [0.4, 0.5) is 0 Å². The van der Waals surface area contributed by atoms with Crippen molar-refractivity contribution in [2.75, 3.05) is 0 Å². The first-order valence-corrected chi connectivity index (χ1v) is 5.99. The van der Waals surface area contributed by atoms with Crippen molar-refractivity contribution in [1.82, 2.24) is 0 Å². The zero-order valence-electron chi connectivity index (χ0n) is 10.3. The van der Waals surface area contributed by atoms with Gasteiger partial charge in [0.2, 0.25) is 0 Å². The molecule has 0 bridgehead atoms. The minimum atomic E-state index is -0.784. The van der Waals surface area contributed by atoms with Gasteiger partial charge in [-0.05, 0) is 56.4 Å². The van der Waals surface area contributed by atoms with Crippen molar-refractivity contribution in [2.24, 2.45) is 0 Å². The summed E-state index contributed by atoms with van der Waals surface area (Å²) in [5.41, 5.74) is 1.93. The molecule has 0 aliphatic heterocycles. The third-order valence-electron chi connectivity index (χ3n) is 3.55. The molecule has 3 nitrogen and oxygen atoms in total. The monoisotopic (exact) mass is 234 g/mol. The summed E-state index contributed by atoms with van der Waals surface area (Å²) in [6, 6.07) is 5.92. The third kappa shape index (κ3) is 2.60. The highest BCUT2D eigenvalue weighted by Crippen LogP contribution is 2.39. The predicted molar refractivity (Wildman–Crippen MR) is 65.4 cm³/mol. The van der Waals surface area contributed by atoms with Crippen molar-refractivity contribution in [1.29, 1.82) is 0 Å². The van der Waals surface area contributed by atoms with Crippen LogP contribution in [0, 0.1) is 13.8 Å². The molecule has 1 aromatic rings. The molecule has 1 aliphatic carbocycles. The van der Waals surface area contributed by atoms with E-state index in [4.69, 9.17) is 9.84 Å². The van der Waals surface area contributed by atoms with E-state index < -0.39 is 11.6 Å². The van der Waals surface area contributed by atoms with Gasteiger partial charge in [-0.15, -0.1) is 0 Å². The Bertz CT molecular complexity index is 433. The molecular formula is C14H18O3. The molecule has 2 rings (SSSR count). The molecule has 0 aromatic heterocycles. The number of aryl methyl sites for hydroxylation is 2. The van der Waals surface area contributed by atoms with Gasteiger partial charge in [0.25, 0.3) is 0 Å². The van der Waals surface area contributed by atoms with Crippen LogP contribution in [-0.4, -0.2) is 16.7 Å². The van der Waals surface area contributed by atoms with Crippen LogP contribution in [-0.2, 0) is 4.79 Å². The molecule has 0 unspecified atom stereocenters. The van der Waals surface area contributed by atoms with E-state index in [1.165, 1.54) is 11.1 Å². The van der Waals surface area contributed by atoms with Gasteiger partial charge in [0.1, 0.15) is 11.4 Å².